The molecule has 0 unspecified atom stereocenters. The highest BCUT2D eigenvalue weighted by Gasteiger charge is 2.39. The fourth-order valence-electron chi connectivity index (χ4n) is 0.321. The van der Waals surface area contributed by atoms with Gasteiger partial charge in [0.05, 0.1) is 5.41 Å². The first-order valence-electron chi connectivity index (χ1n) is 3.43. The third kappa shape index (κ3) is 1.59. The van der Waals surface area contributed by atoms with E-state index in [0.717, 1.165) is 10.2 Å². The molecule has 0 aliphatic carbocycles. The van der Waals surface area contributed by atoms with Gasteiger partial charge in [-0.3, -0.25) is 4.79 Å². The molecule has 2 nitrogen and oxygen atoms in total. The van der Waals surface area contributed by atoms with Crippen LogP contribution in [0.3, 0.4) is 0 Å². The number of hydrogen-bond donors (Lipinski definition) is 1. The Balaban J connectivity index is 4.57. The van der Waals surface area contributed by atoms with Crippen LogP contribution in [-0.2, 0) is 4.79 Å². The quantitative estimate of drug-likeness (QED) is 0.603. The van der Waals surface area contributed by atoms with Gasteiger partial charge in [-0.2, -0.15) is 0 Å². The van der Waals surface area contributed by atoms with E-state index in [1.165, 1.54) is 0 Å². The molecule has 0 heterocycles. The van der Waals surface area contributed by atoms with Crippen LogP contribution < -0.4 is 0 Å². The van der Waals surface area contributed by atoms with Crippen molar-refractivity contribution in [3.8, 4) is 0 Å². The van der Waals surface area contributed by atoms with E-state index in [0.29, 0.717) is 0 Å². The monoisotopic (exact) mass is 160 g/mol. The van der Waals surface area contributed by atoms with Crippen molar-refractivity contribution in [2.75, 3.05) is 0 Å². The Morgan fingerprint density at radius 2 is 1.60 bits per heavy atom. The SMILES string of the molecule is CC(C)([SiH3])C(C)(C)C(=O)O. The molecule has 3 heteroatoms. The molecule has 0 fully saturated rings. The predicted octanol–water partition coefficient (Wildman–Crippen LogP) is 0.661. The lowest BCUT2D eigenvalue weighted by molar-refractivity contribution is -0.148. The van der Waals surface area contributed by atoms with Gasteiger partial charge in [-0.1, -0.05) is 13.8 Å². The van der Waals surface area contributed by atoms with Gasteiger partial charge in [0.1, 0.15) is 0 Å². The lowest BCUT2D eigenvalue weighted by Gasteiger charge is -2.34. The second-order valence-electron chi connectivity index (χ2n) is 4.18. The Hall–Kier alpha value is -0.313. The van der Waals surface area contributed by atoms with Crippen molar-refractivity contribution in [1.82, 2.24) is 0 Å². The lowest BCUT2D eigenvalue weighted by Crippen LogP contribution is -2.34. The standard InChI is InChI=1S/C7H16O2Si/c1-6(2,5(8)9)7(3,4)10/h1-4,10H3,(H,8,9). The molecule has 0 atom stereocenters. The minimum atomic E-state index is -0.701. The third-order valence-corrected chi connectivity index (χ3v) is 3.66. The van der Waals surface area contributed by atoms with E-state index in [-0.39, 0.29) is 5.04 Å². The van der Waals surface area contributed by atoms with Gasteiger partial charge in [-0.05, 0) is 18.9 Å². The molecule has 60 valence electrons. The van der Waals surface area contributed by atoms with Gasteiger partial charge in [0.25, 0.3) is 0 Å². The van der Waals surface area contributed by atoms with Crippen LogP contribution in [0.5, 0.6) is 0 Å². The summed E-state index contributed by atoms with van der Waals surface area (Å²) >= 11 is 0. The molecule has 0 saturated heterocycles. The summed E-state index contributed by atoms with van der Waals surface area (Å²) in [5.74, 6) is -0.701. The molecule has 0 aromatic rings. The van der Waals surface area contributed by atoms with Gasteiger partial charge in [-0.25, -0.2) is 0 Å². The van der Waals surface area contributed by atoms with Crippen molar-refractivity contribution < 1.29 is 9.90 Å². The van der Waals surface area contributed by atoms with E-state index >= 15 is 0 Å². The van der Waals surface area contributed by atoms with Crippen LogP contribution in [-0.4, -0.2) is 21.3 Å². The second-order valence-corrected chi connectivity index (χ2v) is 6.68. The summed E-state index contributed by atoms with van der Waals surface area (Å²) in [4.78, 5) is 10.7. The summed E-state index contributed by atoms with van der Waals surface area (Å²) in [6.07, 6.45) is 0. The number of aliphatic carboxylic acids is 1. The van der Waals surface area contributed by atoms with Gasteiger partial charge in [0.2, 0.25) is 0 Å². The molecule has 0 amide bonds. The van der Waals surface area contributed by atoms with Crippen LogP contribution >= 0.6 is 0 Å². The van der Waals surface area contributed by atoms with Gasteiger partial charge in [-0.15, -0.1) is 0 Å². The molecule has 0 bridgehead atoms. The number of carbonyl (C=O) groups is 1. The van der Waals surface area contributed by atoms with E-state index in [1.54, 1.807) is 13.8 Å². The van der Waals surface area contributed by atoms with Crippen LogP contribution in [0, 0.1) is 5.41 Å². The largest absolute Gasteiger partial charge is 0.481 e. The summed E-state index contributed by atoms with van der Waals surface area (Å²) in [7, 11) is 0.903. The van der Waals surface area contributed by atoms with Crippen molar-refractivity contribution >= 4 is 16.2 Å². The first kappa shape index (κ1) is 9.69. The maximum atomic E-state index is 10.7. The zero-order valence-electron chi connectivity index (χ0n) is 7.36. The molecule has 0 aromatic carbocycles. The molecule has 0 saturated carbocycles. The minimum Gasteiger partial charge on any atom is -0.481 e. The highest BCUT2D eigenvalue weighted by atomic mass is 28.1. The average Bonchev–Trinajstić information content (AvgIpc) is 1.62. The first-order chi connectivity index (χ1) is 4.19. The summed E-state index contributed by atoms with van der Waals surface area (Å²) in [5.41, 5.74) is -0.584. The van der Waals surface area contributed by atoms with Gasteiger partial charge >= 0.3 is 5.97 Å². The highest BCUT2D eigenvalue weighted by molar-refractivity contribution is 6.17. The Kier molecular flexibility index (Phi) is 2.31. The van der Waals surface area contributed by atoms with E-state index in [4.69, 9.17) is 5.11 Å². The van der Waals surface area contributed by atoms with Crippen molar-refractivity contribution in [1.29, 1.82) is 0 Å². The summed E-state index contributed by atoms with van der Waals surface area (Å²) in [6, 6.07) is 0. The summed E-state index contributed by atoms with van der Waals surface area (Å²) < 4.78 is 0. The number of carboxylic acid groups (broad SMARTS) is 1. The van der Waals surface area contributed by atoms with E-state index in [2.05, 4.69) is 0 Å². The Bertz CT molecular complexity index is 144. The molecule has 10 heavy (non-hydrogen) atoms. The van der Waals surface area contributed by atoms with Gasteiger partial charge in [0, 0.05) is 10.2 Å². The fraction of sp³-hybridized carbons (Fsp3) is 0.857. The van der Waals surface area contributed by atoms with Crippen molar-refractivity contribution in [2.24, 2.45) is 5.41 Å². The zero-order chi connectivity index (χ0) is 8.58. The predicted molar refractivity (Wildman–Crippen MR) is 45.4 cm³/mol. The van der Waals surface area contributed by atoms with Crippen molar-refractivity contribution in [2.45, 2.75) is 32.7 Å². The molecule has 0 rings (SSSR count). The smallest absolute Gasteiger partial charge is 0.309 e. The fourth-order valence-corrected chi connectivity index (χ4v) is 0.535. The minimum absolute atomic E-state index is 0.0428. The molecule has 0 radical (unpaired) electrons. The van der Waals surface area contributed by atoms with Gasteiger partial charge < -0.3 is 5.11 Å². The normalized spacial score (nSPS) is 13.6. The van der Waals surface area contributed by atoms with E-state index < -0.39 is 11.4 Å². The molecule has 0 aromatic heterocycles. The maximum Gasteiger partial charge on any atom is 0.309 e. The molecular weight excluding hydrogens is 144 g/mol. The van der Waals surface area contributed by atoms with Crippen LogP contribution in [0.4, 0.5) is 0 Å². The number of rotatable bonds is 2. The molecular formula is C7H16O2Si. The third-order valence-electron chi connectivity index (χ3n) is 2.41. The van der Waals surface area contributed by atoms with Crippen molar-refractivity contribution in [3.05, 3.63) is 0 Å². The first-order valence-corrected chi connectivity index (χ1v) is 4.43. The van der Waals surface area contributed by atoms with Gasteiger partial charge in [0.15, 0.2) is 0 Å². The summed E-state index contributed by atoms with van der Waals surface area (Å²) in [6.45, 7) is 7.55. The number of carboxylic acids is 1. The Morgan fingerprint density at radius 3 is 1.60 bits per heavy atom. The van der Waals surface area contributed by atoms with E-state index in [1.807, 2.05) is 13.8 Å². The summed E-state index contributed by atoms with van der Waals surface area (Å²) in [5, 5.41) is 8.76. The second kappa shape index (κ2) is 2.38. The topological polar surface area (TPSA) is 37.3 Å². The molecule has 0 aliphatic rings. The highest BCUT2D eigenvalue weighted by Crippen LogP contribution is 2.41. The molecule has 0 spiro atoms. The molecule has 1 N–H and O–H groups in total. The maximum absolute atomic E-state index is 10.7. The number of hydrogen-bond acceptors (Lipinski definition) is 1. The Labute approximate surface area is 65.1 Å². The van der Waals surface area contributed by atoms with Crippen LogP contribution in [0.15, 0.2) is 0 Å². The van der Waals surface area contributed by atoms with Crippen molar-refractivity contribution in [3.63, 3.8) is 0 Å². The van der Waals surface area contributed by atoms with Crippen LogP contribution in [0.1, 0.15) is 27.7 Å². The Morgan fingerprint density at radius 1 is 1.30 bits per heavy atom. The van der Waals surface area contributed by atoms with Crippen LogP contribution in [0.2, 0.25) is 5.04 Å². The molecule has 0 aliphatic heterocycles. The van der Waals surface area contributed by atoms with Crippen LogP contribution in [0.25, 0.3) is 0 Å². The average molecular weight is 160 g/mol. The zero-order valence-corrected chi connectivity index (χ0v) is 9.36. The lowest BCUT2D eigenvalue weighted by atomic mass is 9.80. The van der Waals surface area contributed by atoms with E-state index in [9.17, 15) is 4.79 Å².